The Morgan fingerprint density at radius 3 is 1.34 bits per heavy atom. The fourth-order valence-electron chi connectivity index (χ4n) is 10.2. The summed E-state index contributed by atoms with van der Waals surface area (Å²) < 4.78 is 97.8. The van der Waals surface area contributed by atoms with Gasteiger partial charge in [0.1, 0.15) is 71.0 Å². The van der Waals surface area contributed by atoms with Crippen LogP contribution < -0.4 is 22.1 Å². The first kappa shape index (κ1) is 47.5. The minimum Gasteiger partial charge on any atom is -0.384 e. The molecule has 4 bridgehead atoms. The molecule has 74 heavy (non-hydrogen) atoms. The van der Waals surface area contributed by atoms with Crippen molar-refractivity contribution < 1.29 is 45.4 Å². The second-order valence-corrected chi connectivity index (χ2v) is 18.2. The molecule has 16 heteroatoms. The standard InChI is InChI=1S/2C29H20F3N3O2/c30-22-4-2-1-3-17(22)15-5-7-18-20(11-15)27-21-12-16(6-8-19(21)26(18)37-27)29(36)35-13-14-9-23(31)25(28(33)34)24(32)10-14;30-23-4-2-1-3-17(23)14-5-7-18-20(9-14)27-21-10-15(6-8-19(21)26(18)37-27)29(36)35-13-16-11-25(32)22(28(33)34)12-24(16)31/h2*1-12,26-27H,13H2,(H3,33,34)(H,35,36)/t2*26-,27+/m00/s1. The number of amides is 2. The molecule has 12 rings (SSSR count). The molecule has 4 atom stereocenters. The van der Waals surface area contributed by atoms with Crippen LogP contribution in [0.25, 0.3) is 22.3 Å². The van der Waals surface area contributed by atoms with Crippen LogP contribution in [0.1, 0.15) is 112 Å². The quantitative estimate of drug-likeness (QED) is 0.0451. The van der Waals surface area contributed by atoms with Crippen molar-refractivity contribution in [2.24, 2.45) is 11.5 Å². The van der Waals surface area contributed by atoms with Gasteiger partial charge in [0.2, 0.25) is 0 Å². The number of amidine groups is 2. The molecule has 0 aromatic heterocycles. The van der Waals surface area contributed by atoms with Gasteiger partial charge in [-0.2, -0.15) is 0 Å². The number of nitrogens with one attached hydrogen (secondary N) is 4. The van der Waals surface area contributed by atoms with Gasteiger partial charge in [-0.05, 0) is 134 Å². The summed E-state index contributed by atoms with van der Waals surface area (Å²) in [5.74, 6) is -6.30. The second-order valence-electron chi connectivity index (χ2n) is 18.2. The highest BCUT2D eigenvalue weighted by molar-refractivity contribution is 5.97. The molecule has 0 fully saturated rings. The number of ether oxygens (including phenoxy) is 2. The lowest BCUT2D eigenvalue weighted by Crippen LogP contribution is -2.24. The molecule has 0 radical (unpaired) electrons. The first-order valence-electron chi connectivity index (χ1n) is 23.2. The Balaban J connectivity index is 0.000000159. The predicted octanol–water partition coefficient (Wildman–Crippen LogP) is 11.0. The van der Waals surface area contributed by atoms with Crippen LogP contribution in [-0.2, 0) is 22.6 Å². The predicted molar refractivity (Wildman–Crippen MR) is 263 cm³/mol. The van der Waals surface area contributed by atoms with Crippen molar-refractivity contribution in [2.45, 2.75) is 37.5 Å². The molecule has 0 saturated heterocycles. The van der Waals surface area contributed by atoms with Gasteiger partial charge in [-0.3, -0.25) is 20.4 Å². The van der Waals surface area contributed by atoms with Gasteiger partial charge in [-0.1, -0.05) is 72.8 Å². The van der Waals surface area contributed by atoms with Crippen LogP contribution in [0.4, 0.5) is 26.3 Å². The van der Waals surface area contributed by atoms with E-state index in [4.69, 9.17) is 31.8 Å². The topological polar surface area (TPSA) is 176 Å². The Morgan fingerprint density at radius 2 is 0.878 bits per heavy atom. The van der Waals surface area contributed by atoms with E-state index in [2.05, 4.69) is 10.6 Å². The Hall–Kier alpha value is -8.86. The first-order chi connectivity index (χ1) is 35.6. The van der Waals surface area contributed by atoms with Crippen LogP contribution in [0.15, 0.2) is 146 Å². The van der Waals surface area contributed by atoms with Crippen LogP contribution in [0.2, 0.25) is 0 Å². The number of carbonyl (C=O) groups is 2. The van der Waals surface area contributed by atoms with Gasteiger partial charge < -0.3 is 31.6 Å². The zero-order valence-corrected chi connectivity index (χ0v) is 38.6. The van der Waals surface area contributed by atoms with Crippen LogP contribution in [-0.4, -0.2) is 23.5 Å². The fraction of sp³-hybridized carbons (Fsp3) is 0.103. The van der Waals surface area contributed by atoms with Crippen molar-refractivity contribution in [3.8, 4) is 22.3 Å². The Bertz CT molecular complexity index is 3690. The van der Waals surface area contributed by atoms with Gasteiger partial charge in [-0.25, -0.2) is 26.3 Å². The van der Waals surface area contributed by atoms with Crippen molar-refractivity contribution in [2.75, 3.05) is 0 Å². The first-order valence-corrected chi connectivity index (χ1v) is 23.2. The third-order valence-electron chi connectivity index (χ3n) is 13.7. The molecular weight excluding hydrogens is 959 g/mol. The van der Waals surface area contributed by atoms with E-state index in [1.165, 1.54) is 12.1 Å². The summed E-state index contributed by atoms with van der Waals surface area (Å²) in [6.45, 7) is -0.354. The van der Waals surface area contributed by atoms with E-state index in [9.17, 15) is 35.9 Å². The highest BCUT2D eigenvalue weighted by Gasteiger charge is 2.44. The van der Waals surface area contributed by atoms with Crippen LogP contribution in [0, 0.1) is 45.7 Å². The second kappa shape index (κ2) is 18.6. The molecule has 4 aliphatic heterocycles. The van der Waals surface area contributed by atoms with Gasteiger partial charge in [0, 0.05) is 40.9 Å². The number of nitrogen functional groups attached to an aromatic ring is 2. The lowest BCUT2D eigenvalue weighted by atomic mass is 9.83. The van der Waals surface area contributed by atoms with E-state index < -0.39 is 52.3 Å². The fourth-order valence-corrected chi connectivity index (χ4v) is 10.2. The summed E-state index contributed by atoms with van der Waals surface area (Å²) in [6.07, 6.45) is -1.29. The Kier molecular flexibility index (Phi) is 12.0. The average Bonchev–Trinajstić information content (AvgIpc) is 4.17. The molecule has 0 unspecified atom stereocenters. The number of halogens is 6. The maximum absolute atomic E-state index is 14.4. The summed E-state index contributed by atoms with van der Waals surface area (Å²) in [5, 5.41) is 19.9. The lowest BCUT2D eigenvalue weighted by Gasteiger charge is -2.18. The number of hydrogen-bond acceptors (Lipinski definition) is 6. The number of fused-ring (bicyclic) bond motifs is 16. The van der Waals surface area contributed by atoms with Crippen LogP contribution in [0.3, 0.4) is 0 Å². The van der Waals surface area contributed by atoms with E-state index in [0.717, 1.165) is 79.9 Å². The zero-order chi connectivity index (χ0) is 51.7. The number of rotatable bonds is 10. The van der Waals surface area contributed by atoms with E-state index in [-0.39, 0.29) is 65.8 Å². The molecule has 8 N–H and O–H groups in total. The van der Waals surface area contributed by atoms with E-state index in [0.29, 0.717) is 22.3 Å². The van der Waals surface area contributed by atoms with Gasteiger partial charge in [0.15, 0.2) is 0 Å². The van der Waals surface area contributed by atoms with Crippen molar-refractivity contribution in [1.82, 2.24) is 10.6 Å². The third kappa shape index (κ3) is 8.32. The maximum atomic E-state index is 14.4. The normalized spacial score (nSPS) is 16.8. The summed E-state index contributed by atoms with van der Waals surface area (Å²) in [7, 11) is 0. The molecule has 8 aromatic carbocycles. The monoisotopic (exact) mass is 998 g/mol. The van der Waals surface area contributed by atoms with Crippen molar-refractivity contribution in [3.63, 3.8) is 0 Å². The third-order valence-corrected chi connectivity index (χ3v) is 13.7. The van der Waals surface area contributed by atoms with E-state index >= 15 is 0 Å². The minimum atomic E-state index is -0.962. The van der Waals surface area contributed by atoms with E-state index in [1.807, 2.05) is 48.5 Å². The molecule has 4 heterocycles. The maximum Gasteiger partial charge on any atom is 0.251 e. The Morgan fingerprint density at radius 1 is 0.446 bits per heavy atom. The molecule has 8 aromatic rings. The molecule has 10 nitrogen and oxygen atoms in total. The van der Waals surface area contributed by atoms with Crippen LogP contribution >= 0.6 is 0 Å². The van der Waals surface area contributed by atoms with E-state index in [1.54, 1.807) is 60.7 Å². The molecule has 4 aliphatic rings. The van der Waals surface area contributed by atoms with Crippen molar-refractivity contribution >= 4 is 23.5 Å². The summed E-state index contributed by atoms with van der Waals surface area (Å²) in [5.41, 5.74) is 20.4. The average molecular weight is 999 g/mol. The molecule has 0 spiro atoms. The molecule has 0 aliphatic carbocycles. The molecule has 2 amide bonds. The van der Waals surface area contributed by atoms with Crippen molar-refractivity contribution in [1.29, 1.82) is 10.8 Å². The summed E-state index contributed by atoms with van der Waals surface area (Å²) in [4.78, 5) is 25.7. The highest BCUT2D eigenvalue weighted by Crippen LogP contribution is 2.56. The summed E-state index contributed by atoms with van der Waals surface area (Å²) in [6, 6.07) is 39.1. The van der Waals surface area contributed by atoms with Gasteiger partial charge in [0.05, 0.1) is 11.1 Å². The largest absolute Gasteiger partial charge is 0.384 e. The highest BCUT2D eigenvalue weighted by atomic mass is 19.2. The number of benzene rings is 8. The zero-order valence-electron chi connectivity index (χ0n) is 38.6. The van der Waals surface area contributed by atoms with Gasteiger partial charge in [-0.15, -0.1) is 0 Å². The lowest BCUT2D eigenvalue weighted by molar-refractivity contribution is 0.0856. The number of nitrogens with two attached hydrogens (primary N) is 2. The molecule has 368 valence electrons. The van der Waals surface area contributed by atoms with Crippen LogP contribution in [0.5, 0.6) is 0 Å². The molecular formula is C58H40F6N6O4. The van der Waals surface area contributed by atoms with Gasteiger partial charge >= 0.3 is 0 Å². The molecule has 0 saturated carbocycles. The SMILES string of the molecule is N=C(N)c1c(F)cc(CNC(=O)c2ccc3c(c2)[C@@H]2O[C@H]3c3ccc(-c4ccccc4F)cc32)cc1F.N=C(N)c1cc(F)c(CNC(=O)c2ccc3c(c2)[C@@H]2O[C@H]3c3ccc(-c4ccccc4F)cc32)cc1F. The number of carbonyl (C=O) groups excluding carboxylic acids is 2. The van der Waals surface area contributed by atoms with Gasteiger partial charge in [0.25, 0.3) is 11.8 Å². The number of hydrogen-bond donors (Lipinski definition) is 6. The summed E-state index contributed by atoms with van der Waals surface area (Å²) >= 11 is 0. The van der Waals surface area contributed by atoms with Crippen molar-refractivity contribution in [3.05, 3.63) is 258 Å². The Labute approximate surface area is 418 Å². The minimum absolute atomic E-state index is 0.0611. The smallest absolute Gasteiger partial charge is 0.251 e.